The maximum absolute atomic E-state index is 12.9. The van der Waals surface area contributed by atoms with Gasteiger partial charge in [-0.25, -0.2) is 13.2 Å². The topological polar surface area (TPSA) is 80.1 Å². The van der Waals surface area contributed by atoms with E-state index in [9.17, 15) is 13.2 Å². The molecule has 1 fully saturated rings. The van der Waals surface area contributed by atoms with E-state index in [4.69, 9.17) is 9.15 Å². The van der Waals surface area contributed by atoms with Gasteiger partial charge in [-0.3, -0.25) is 4.90 Å². The standard InChI is InChI=1S/C22H24N2O5S/c1-2-28-22(25)20-10-11-21(29-20)30(26,27)24-14-12-23(13-15-24)16-18-8-5-7-17-6-3-4-9-19(17)18/h3-11H,2,12-16H2,1H3. The fourth-order valence-corrected chi connectivity index (χ4v) is 5.03. The lowest BCUT2D eigenvalue weighted by molar-refractivity contribution is 0.0483. The molecule has 4 rings (SSSR count). The molecule has 1 aliphatic heterocycles. The van der Waals surface area contributed by atoms with Crippen LogP contribution in [0.4, 0.5) is 0 Å². The van der Waals surface area contributed by atoms with Crippen LogP contribution in [0.5, 0.6) is 0 Å². The smallest absolute Gasteiger partial charge is 0.374 e. The van der Waals surface area contributed by atoms with Crippen molar-refractivity contribution in [1.29, 1.82) is 0 Å². The molecule has 7 nitrogen and oxygen atoms in total. The number of esters is 1. The molecule has 1 aliphatic rings. The van der Waals surface area contributed by atoms with E-state index in [0.29, 0.717) is 26.2 Å². The first-order chi connectivity index (χ1) is 14.5. The highest BCUT2D eigenvalue weighted by atomic mass is 32.2. The molecule has 0 N–H and O–H groups in total. The monoisotopic (exact) mass is 428 g/mol. The fraction of sp³-hybridized carbons (Fsp3) is 0.318. The van der Waals surface area contributed by atoms with Gasteiger partial charge in [0.1, 0.15) is 0 Å². The SMILES string of the molecule is CCOC(=O)c1ccc(S(=O)(=O)N2CCN(Cc3cccc4ccccc34)CC2)o1. The first kappa shape index (κ1) is 20.6. The van der Waals surface area contributed by atoms with Gasteiger partial charge >= 0.3 is 5.97 Å². The van der Waals surface area contributed by atoms with Crippen molar-refractivity contribution in [3.63, 3.8) is 0 Å². The normalized spacial score (nSPS) is 16.0. The zero-order valence-electron chi connectivity index (χ0n) is 16.8. The third kappa shape index (κ3) is 4.12. The van der Waals surface area contributed by atoms with Gasteiger partial charge in [-0.1, -0.05) is 42.5 Å². The summed E-state index contributed by atoms with van der Waals surface area (Å²) in [6.45, 7) is 4.60. The van der Waals surface area contributed by atoms with E-state index in [-0.39, 0.29) is 17.5 Å². The minimum Gasteiger partial charge on any atom is -0.460 e. The molecule has 2 aromatic carbocycles. The van der Waals surface area contributed by atoms with Crippen LogP contribution in [-0.2, 0) is 21.3 Å². The summed E-state index contributed by atoms with van der Waals surface area (Å²) in [5.41, 5.74) is 1.23. The lowest BCUT2D eigenvalue weighted by Crippen LogP contribution is -2.48. The number of carbonyl (C=O) groups excluding carboxylic acids is 1. The predicted molar refractivity (Wildman–Crippen MR) is 113 cm³/mol. The Kier molecular flexibility index (Phi) is 5.90. The molecule has 0 amide bonds. The summed E-state index contributed by atoms with van der Waals surface area (Å²) < 4.78 is 37.3. The third-order valence-electron chi connectivity index (χ3n) is 5.26. The van der Waals surface area contributed by atoms with Crippen LogP contribution >= 0.6 is 0 Å². The molecule has 3 aromatic rings. The largest absolute Gasteiger partial charge is 0.460 e. The molecule has 0 atom stereocenters. The molecule has 1 aromatic heterocycles. The number of nitrogens with zero attached hydrogens (tertiary/aromatic N) is 2. The molecule has 158 valence electrons. The molecule has 0 saturated carbocycles. The number of hydrogen-bond donors (Lipinski definition) is 0. The minimum absolute atomic E-state index is 0.106. The summed E-state index contributed by atoms with van der Waals surface area (Å²) >= 11 is 0. The Morgan fingerprint density at radius 3 is 2.50 bits per heavy atom. The highest BCUT2D eigenvalue weighted by Gasteiger charge is 2.31. The summed E-state index contributed by atoms with van der Waals surface area (Å²) in [6, 6.07) is 17.2. The van der Waals surface area contributed by atoms with Crippen LogP contribution in [0.2, 0.25) is 0 Å². The van der Waals surface area contributed by atoms with Crippen LogP contribution in [-0.4, -0.2) is 56.4 Å². The zero-order chi connectivity index (χ0) is 21.1. The number of piperazine rings is 1. The summed E-state index contributed by atoms with van der Waals surface area (Å²) in [6.07, 6.45) is 0. The van der Waals surface area contributed by atoms with Gasteiger partial charge in [0.25, 0.3) is 10.0 Å². The van der Waals surface area contributed by atoms with E-state index >= 15 is 0 Å². The average molecular weight is 429 g/mol. The Morgan fingerprint density at radius 2 is 1.73 bits per heavy atom. The van der Waals surface area contributed by atoms with Gasteiger partial charge in [-0.15, -0.1) is 0 Å². The van der Waals surface area contributed by atoms with Crippen molar-refractivity contribution < 1.29 is 22.4 Å². The third-order valence-corrected chi connectivity index (χ3v) is 7.03. The molecular weight excluding hydrogens is 404 g/mol. The Labute approximate surface area is 175 Å². The molecule has 0 radical (unpaired) electrons. The molecule has 1 saturated heterocycles. The summed E-state index contributed by atoms with van der Waals surface area (Å²) in [7, 11) is -3.79. The Hall–Kier alpha value is -2.68. The maximum Gasteiger partial charge on any atom is 0.374 e. The van der Waals surface area contributed by atoms with E-state index in [1.807, 2.05) is 12.1 Å². The van der Waals surface area contributed by atoms with Gasteiger partial charge in [0, 0.05) is 32.7 Å². The lowest BCUT2D eigenvalue weighted by Gasteiger charge is -2.33. The van der Waals surface area contributed by atoms with Crippen LogP contribution in [0.15, 0.2) is 64.1 Å². The molecule has 2 heterocycles. The van der Waals surface area contributed by atoms with Crippen molar-refractivity contribution in [3.8, 4) is 0 Å². The molecular formula is C22H24N2O5S. The van der Waals surface area contributed by atoms with E-state index < -0.39 is 16.0 Å². The highest BCUT2D eigenvalue weighted by molar-refractivity contribution is 7.89. The van der Waals surface area contributed by atoms with E-state index in [1.54, 1.807) is 6.92 Å². The second kappa shape index (κ2) is 8.59. The van der Waals surface area contributed by atoms with Gasteiger partial charge in [0.2, 0.25) is 10.9 Å². The number of benzene rings is 2. The number of hydrogen-bond acceptors (Lipinski definition) is 6. The maximum atomic E-state index is 12.9. The van der Waals surface area contributed by atoms with Crippen molar-refractivity contribution in [2.24, 2.45) is 0 Å². The summed E-state index contributed by atoms with van der Waals surface area (Å²) in [5, 5.41) is 2.19. The van der Waals surface area contributed by atoms with Gasteiger partial charge in [0.15, 0.2) is 0 Å². The van der Waals surface area contributed by atoms with Crippen molar-refractivity contribution in [2.45, 2.75) is 18.6 Å². The van der Waals surface area contributed by atoms with E-state index in [1.165, 1.54) is 32.8 Å². The highest BCUT2D eigenvalue weighted by Crippen LogP contribution is 2.23. The van der Waals surface area contributed by atoms with Crippen LogP contribution in [0.3, 0.4) is 0 Å². The Balaban J connectivity index is 1.42. The molecule has 0 spiro atoms. The first-order valence-electron chi connectivity index (χ1n) is 9.95. The summed E-state index contributed by atoms with van der Waals surface area (Å²) in [4.78, 5) is 14.0. The van der Waals surface area contributed by atoms with Gasteiger partial charge < -0.3 is 9.15 Å². The van der Waals surface area contributed by atoms with Gasteiger partial charge in [0.05, 0.1) is 6.61 Å². The van der Waals surface area contributed by atoms with Crippen molar-refractivity contribution in [2.75, 3.05) is 32.8 Å². The van der Waals surface area contributed by atoms with Crippen molar-refractivity contribution in [3.05, 3.63) is 65.9 Å². The second-order valence-corrected chi connectivity index (χ2v) is 9.03. The molecule has 30 heavy (non-hydrogen) atoms. The number of carbonyl (C=O) groups is 1. The van der Waals surface area contributed by atoms with Crippen LogP contribution in [0.1, 0.15) is 23.0 Å². The molecule has 0 aliphatic carbocycles. The van der Waals surface area contributed by atoms with E-state index in [0.717, 1.165) is 6.54 Å². The minimum atomic E-state index is -3.79. The van der Waals surface area contributed by atoms with Crippen LogP contribution < -0.4 is 0 Å². The van der Waals surface area contributed by atoms with Crippen molar-refractivity contribution >= 4 is 26.8 Å². The van der Waals surface area contributed by atoms with E-state index in [2.05, 4.69) is 35.2 Å². The lowest BCUT2D eigenvalue weighted by atomic mass is 10.0. The number of ether oxygens (including phenoxy) is 1. The predicted octanol–water partition coefficient (Wildman–Crippen LogP) is 3.12. The zero-order valence-corrected chi connectivity index (χ0v) is 17.6. The summed E-state index contributed by atoms with van der Waals surface area (Å²) in [5.74, 6) is -0.774. The number of sulfonamides is 1. The van der Waals surface area contributed by atoms with Gasteiger partial charge in [-0.2, -0.15) is 4.31 Å². The van der Waals surface area contributed by atoms with Crippen molar-refractivity contribution in [1.82, 2.24) is 9.21 Å². The van der Waals surface area contributed by atoms with Crippen LogP contribution in [0.25, 0.3) is 10.8 Å². The van der Waals surface area contributed by atoms with Gasteiger partial charge in [-0.05, 0) is 35.4 Å². The Morgan fingerprint density at radius 1 is 1.00 bits per heavy atom. The fourth-order valence-electron chi connectivity index (χ4n) is 3.70. The number of rotatable bonds is 6. The number of fused-ring (bicyclic) bond motifs is 1. The Bertz CT molecular complexity index is 1140. The number of furan rings is 1. The average Bonchev–Trinajstić information content (AvgIpc) is 3.26. The first-order valence-corrected chi connectivity index (χ1v) is 11.4. The molecule has 0 unspecified atom stereocenters. The molecule has 8 heteroatoms. The van der Waals surface area contributed by atoms with Crippen LogP contribution in [0, 0.1) is 0 Å². The molecule has 0 bridgehead atoms. The quantitative estimate of drug-likeness (QED) is 0.561. The second-order valence-electron chi connectivity index (χ2n) is 7.16.